The van der Waals surface area contributed by atoms with Crippen molar-refractivity contribution in [1.29, 1.82) is 0 Å². The molecular formula is C23H39N3O. The van der Waals surface area contributed by atoms with Gasteiger partial charge in [0.2, 0.25) is 5.91 Å². The summed E-state index contributed by atoms with van der Waals surface area (Å²) in [5.41, 5.74) is 1.34. The summed E-state index contributed by atoms with van der Waals surface area (Å²) in [6.45, 7) is 13.0. The van der Waals surface area contributed by atoms with E-state index in [1.54, 1.807) is 0 Å². The van der Waals surface area contributed by atoms with Crippen molar-refractivity contribution in [1.82, 2.24) is 14.7 Å². The van der Waals surface area contributed by atoms with Crippen LogP contribution < -0.4 is 0 Å². The number of benzene rings is 1. The third-order valence-electron chi connectivity index (χ3n) is 6.00. The Labute approximate surface area is 166 Å². The molecule has 1 saturated heterocycles. The number of piperazine rings is 1. The van der Waals surface area contributed by atoms with Gasteiger partial charge in [0.05, 0.1) is 0 Å². The Morgan fingerprint density at radius 2 is 1.70 bits per heavy atom. The van der Waals surface area contributed by atoms with E-state index in [-0.39, 0.29) is 5.41 Å². The molecule has 0 N–H and O–H groups in total. The van der Waals surface area contributed by atoms with Crippen molar-refractivity contribution in [3.05, 3.63) is 35.9 Å². The first-order chi connectivity index (χ1) is 12.7. The van der Waals surface area contributed by atoms with Gasteiger partial charge < -0.3 is 9.80 Å². The van der Waals surface area contributed by atoms with Crippen LogP contribution in [0.3, 0.4) is 0 Å². The minimum atomic E-state index is 0.0299. The Morgan fingerprint density at radius 3 is 2.26 bits per heavy atom. The van der Waals surface area contributed by atoms with Crippen molar-refractivity contribution in [3.63, 3.8) is 0 Å². The monoisotopic (exact) mass is 373 g/mol. The van der Waals surface area contributed by atoms with Crippen LogP contribution in [-0.4, -0.2) is 73.0 Å². The summed E-state index contributed by atoms with van der Waals surface area (Å²) in [6, 6.07) is 11.4. The van der Waals surface area contributed by atoms with Crippen molar-refractivity contribution < 1.29 is 4.79 Å². The van der Waals surface area contributed by atoms with E-state index in [9.17, 15) is 4.79 Å². The quantitative estimate of drug-likeness (QED) is 0.696. The Balaban J connectivity index is 1.85. The second-order valence-electron chi connectivity index (χ2n) is 9.14. The lowest BCUT2D eigenvalue weighted by atomic mass is 9.80. The predicted octanol–water partition coefficient (Wildman–Crippen LogP) is 3.62. The van der Waals surface area contributed by atoms with E-state index in [0.717, 1.165) is 32.6 Å². The van der Waals surface area contributed by atoms with Gasteiger partial charge in [-0.15, -0.1) is 0 Å². The smallest absolute Gasteiger partial charge is 0.222 e. The molecule has 1 aliphatic rings. The molecule has 1 amide bonds. The SMILES string of the molecule is CC1CN(C(=O)CCC(C)(C)c2ccccc2)CC(C)N1CCCN(C)C. The van der Waals surface area contributed by atoms with E-state index in [0.29, 0.717) is 24.4 Å². The Kier molecular flexibility index (Phi) is 7.87. The van der Waals surface area contributed by atoms with Gasteiger partial charge in [-0.25, -0.2) is 0 Å². The molecular weight excluding hydrogens is 334 g/mol. The normalized spacial score (nSPS) is 21.7. The van der Waals surface area contributed by atoms with E-state index >= 15 is 0 Å². The predicted molar refractivity (Wildman–Crippen MR) is 114 cm³/mol. The second kappa shape index (κ2) is 9.70. The van der Waals surface area contributed by atoms with Gasteiger partial charge in [0, 0.05) is 38.1 Å². The van der Waals surface area contributed by atoms with Crippen LogP contribution in [0.2, 0.25) is 0 Å². The molecule has 0 aromatic heterocycles. The summed E-state index contributed by atoms with van der Waals surface area (Å²) in [5.74, 6) is 0.311. The molecule has 4 nitrogen and oxygen atoms in total. The zero-order chi connectivity index (χ0) is 20.0. The maximum Gasteiger partial charge on any atom is 0.222 e. The van der Waals surface area contributed by atoms with Crippen LogP contribution in [-0.2, 0) is 10.2 Å². The van der Waals surface area contributed by atoms with Crippen LogP contribution in [0, 0.1) is 0 Å². The minimum Gasteiger partial charge on any atom is -0.340 e. The van der Waals surface area contributed by atoms with Gasteiger partial charge in [-0.1, -0.05) is 44.2 Å². The fourth-order valence-electron chi connectivity index (χ4n) is 4.18. The average Bonchev–Trinajstić information content (AvgIpc) is 2.62. The van der Waals surface area contributed by atoms with Crippen molar-refractivity contribution in [2.75, 3.05) is 40.3 Å². The molecule has 4 heteroatoms. The molecule has 1 aromatic carbocycles. The van der Waals surface area contributed by atoms with E-state index in [1.165, 1.54) is 12.0 Å². The van der Waals surface area contributed by atoms with Crippen molar-refractivity contribution in [3.8, 4) is 0 Å². The number of hydrogen-bond donors (Lipinski definition) is 0. The summed E-state index contributed by atoms with van der Waals surface area (Å²) < 4.78 is 0. The molecule has 0 radical (unpaired) electrons. The Bertz CT molecular complexity index is 573. The van der Waals surface area contributed by atoms with Gasteiger partial charge in [-0.2, -0.15) is 0 Å². The standard InChI is InChI=1S/C23H39N3O/c1-19-17-25(18-20(2)26(19)16-10-15-24(5)6)22(27)13-14-23(3,4)21-11-8-7-9-12-21/h7-9,11-12,19-20H,10,13-18H2,1-6H3. The summed E-state index contributed by atoms with van der Waals surface area (Å²) in [6.07, 6.45) is 2.70. The van der Waals surface area contributed by atoms with Crippen LogP contribution in [0.5, 0.6) is 0 Å². The topological polar surface area (TPSA) is 26.8 Å². The molecule has 1 aliphatic heterocycles. The maximum atomic E-state index is 12.9. The Hall–Kier alpha value is -1.39. The largest absolute Gasteiger partial charge is 0.340 e. The van der Waals surface area contributed by atoms with Crippen LogP contribution >= 0.6 is 0 Å². The van der Waals surface area contributed by atoms with E-state index in [1.807, 2.05) is 6.07 Å². The van der Waals surface area contributed by atoms with Crippen LogP contribution in [0.25, 0.3) is 0 Å². The number of nitrogens with zero attached hydrogens (tertiary/aromatic N) is 3. The van der Waals surface area contributed by atoms with Crippen molar-refractivity contribution >= 4 is 5.91 Å². The number of rotatable bonds is 8. The third kappa shape index (κ3) is 6.32. The zero-order valence-corrected chi connectivity index (χ0v) is 18.2. The second-order valence-corrected chi connectivity index (χ2v) is 9.14. The fraction of sp³-hybridized carbons (Fsp3) is 0.696. The molecule has 0 saturated carbocycles. The molecule has 1 heterocycles. The summed E-state index contributed by atoms with van der Waals surface area (Å²) in [4.78, 5) is 19.8. The zero-order valence-electron chi connectivity index (χ0n) is 18.2. The fourth-order valence-corrected chi connectivity index (χ4v) is 4.18. The lowest BCUT2D eigenvalue weighted by Gasteiger charge is -2.45. The van der Waals surface area contributed by atoms with E-state index < -0.39 is 0 Å². The van der Waals surface area contributed by atoms with Gasteiger partial charge in [0.25, 0.3) is 0 Å². The molecule has 2 atom stereocenters. The van der Waals surface area contributed by atoms with Crippen LogP contribution in [0.4, 0.5) is 0 Å². The highest BCUT2D eigenvalue weighted by Gasteiger charge is 2.32. The highest BCUT2D eigenvalue weighted by molar-refractivity contribution is 5.76. The number of carbonyl (C=O) groups excluding carboxylic acids is 1. The molecule has 152 valence electrons. The molecule has 0 bridgehead atoms. The molecule has 27 heavy (non-hydrogen) atoms. The minimum absolute atomic E-state index is 0.0299. The van der Waals surface area contributed by atoms with Gasteiger partial charge in [0.15, 0.2) is 0 Å². The molecule has 2 unspecified atom stereocenters. The van der Waals surface area contributed by atoms with Gasteiger partial charge in [0.1, 0.15) is 0 Å². The molecule has 0 aliphatic carbocycles. The number of amides is 1. The third-order valence-corrected chi connectivity index (χ3v) is 6.00. The van der Waals surface area contributed by atoms with Gasteiger partial charge >= 0.3 is 0 Å². The number of carbonyl (C=O) groups is 1. The first-order valence-electron chi connectivity index (χ1n) is 10.4. The summed E-state index contributed by atoms with van der Waals surface area (Å²) >= 11 is 0. The van der Waals surface area contributed by atoms with E-state index in [4.69, 9.17) is 0 Å². The van der Waals surface area contributed by atoms with E-state index in [2.05, 4.69) is 80.8 Å². The number of hydrogen-bond acceptors (Lipinski definition) is 3. The van der Waals surface area contributed by atoms with Crippen molar-refractivity contribution in [2.24, 2.45) is 0 Å². The summed E-state index contributed by atoms with van der Waals surface area (Å²) in [5, 5.41) is 0. The lowest BCUT2D eigenvalue weighted by Crippen LogP contribution is -2.58. The molecule has 2 rings (SSSR count). The van der Waals surface area contributed by atoms with Gasteiger partial charge in [-0.05, 0) is 58.3 Å². The van der Waals surface area contributed by atoms with Gasteiger partial charge in [-0.3, -0.25) is 9.69 Å². The molecule has 1 aromatic rings. The molecule has 0 spiro atoms. The first-order valence-corrected chi connectivity index (χ1v) is 10.4. The average molecular weight is 374 g/mol. The maximum absolute atomic E-state index is 12.9. The molecule has 1 fully saturated rings. The summed E-state index contributed by atoms with van der Waals surface area (Å²) in [7, 11) is 4.25. The highest BCUT2D eigenvalue weighted by Crippen LogP contribution is 2.29. The van der Waals surface area contributed by atoms with Crippen LogP contribution in [0.15, 0.2) is 30.3 Å². The Morgan fingerprint density at radius 1 is 1.11 bits per heavy atom. The highest BCUT2D eigenvalue weighted by atomic mass is 16.2. The van der Waals surface area contributed by atoms with Crippen molar-refractivity contribution in [2.45, 2.75) is 64.5 Å². The van der Waals surface area contributed by atoms with Crippen LogP contribution in [0.1, 0.15) is 52.5 Å². The first kappa shape index (κ1) is 21.9. The lowest BCUT2D eigenvalue weighted by molar-refractivity contribution is -0.136.